The summed E-state index contributed by atoms with van der Waals surface area (Å²) in [6.07, 6.45) is 1.14. The van der Waals surface area contributed by atoms with Crippen molar-refractivity contribution >= 4 is 15.8 Å². The van der Waals surface area contributed by atoms with Gasteiger partial charge in [0, 0.05) is 22.9 Å². The molecule has 0 atom stereocenters. The van der Waals surface area contributed by atoms with E-state index in [1.165, 1.54) is 18.2 Å². The van der Waals surface area contributed by atoms with Crippen LogP contribution in [0.5, 0.6) is 0 Å². The third-order valence-electron chi connectivity index (χ3n) is 5.12. The molecule has 7 nitrogen and oxygen atoms in total. The monoisotopic (exact) mass is 466 g/mol. The van der Waals surface area contributed by atoms with Crippen LogP contribution in [0.3, 0.4) is 0 Å². The number of carbonyl (C=O) groups is 1. The average molecular weight is 466 g/mol. The Hall–Kier alpha value is -3.85. The molecule has 4 aromatic rings. The first-order valence-electron chi connectivity index (χ1n) is 9.81. The quantitative estimate of drug-likeness (QED) is 0.393. The van der Waals surface area contributed by atoms with Gasteiger partial charge in [0.25, 0.3) is 5.89 Å². The van der Waals surface area contributed by atoms with Crippen molar-refractivity contribution in [2.75, 3.05) is 13.4 Å². The van der Waals surface area contributed by atoms with Gasteiger partial charge in [-0.3, -0.25) is 0 Å². The summed E-state index contributed by atoms with van der Waals surface area (Å²) in [6.45, 7) is 1.91. The van der Waals surface area contributed by atoms with E-state index in [1.54, 1.807) is 12.1 Å². The van der Waals surface area contributed by atoms with Gasteiger partial charge >= 0.3 is 5.97 Å². The molecule has 0 radical (unpaired) electrons. The zero-order chi connectivity index (χ0) is 23.8. The lowest BCUT2D eigenvalue weighted by Crippen LogP contribution is -2.04. The van der Waals surface area contributed by atoms with E-state index < -0.39 is 21.6 Å². The maximum Gasteiger partial charge on any atom is 0.340 e. The number of hydrogen-bond acceptors (Lipinski definition) is 7. The lowest BCUT2D eigenvalue weighted by molar-refractivity contribution is 0.0595. The van der Waals surface area contributed by atoms with Crippen molar-refractivity contribution in [2.24, 2.45) is 0 Å². The molecule has 0 N–H and O–H groups in total. The van der Waals surface area contributed by atoms with E-state index >= 15 is 0 Å². The molecule has 0 fully saturated rings. The van der Waals surface area contributed by atoms with E-state index in [0.717, 1.165) is 30.6 Å². The average Bonchev–Trinajstić information content (AvgIpc) is 3.28. The van der Waals surface area contributed by atoms with Crippen molar-refractivity contribution < 1.29 is 26.9 Å². The van der Waals surface area contributed by atoms with Crippen molar-refractivity contribution in [2.45, 2.75) is 11.8 Å². The Balaban J connectivity index is 1.75. The minimum absolute atomic E-state index is 0.0729. The van der Waals surface area contributed by atoms with Gasteiger partial charge in [-0.1, -0.05) is 35.5 Å². The van der Waals surface area contributed by atoms with Crippen LogP contribution in [-0.2, 0) is 14.6 Å². The fourth-order valence-electron chi connectivity index (χ4n) is 3.45. The van der Waals surface area contributed by atoms with Crippen LogP contribution < -0.4 is 0 Å². The number of aryl methyl sites for hydroxylation is 1. The fraction of sp³-hybridized carbons (Fsp3) is 0.125. The molecule has 0 aliphatic rings. The highest BCUT2D eigenvalue weighted by Gasteiger charge is 2.20. The first-order valence-corrected chi connectivity index (χ1v) is 11.7. The molecule has 9 heteroatoms. The molecule has 168 valence electrons. The summed E-state index contributed by atoms with van der Waals surface area (Å²) in [5.41, 5.74) is 2.78. The molecule has 0 spiro atoms. The van der Waals surface area contributed by atoms with Crippen LogP contribution in [0.4, 0.5) is 4.39 Å². The van der Waals surface area contributed by atoms with Crippen LogP contribution in [-0.4, -0.2) is 37.9 Å². The van der Waals surface area contributed by atoms with Crippen LogP contribution in [0.15, 0.2) is 70.1 Å². The van der Waals surface area contributed by atoms with Crippen molar-refractivity contribution in [1.29, 1.82) is 0 Å². The van der Waals surface area contributed by atoms with Gasteiger partial charge in [0.15, 0.2) is 9.84 Å². The molecular weight excluding hydrogens is 447 g/mol. The van der Waals surface area contributed by atoms with Gasteiger partial charge in [0.1, 0.15) is 5.82 Å². The zero-order valence-electron chi connectivity index (χ0n) is 18.0. The first kappa shape index (κ1) is 22.3. The Bertz CT molecular complexity index is 1480. The number of esters is 1. The van der Waals surface area contributed by atoms with Gasteiger partial charge in [-0.25, -0.2) is 17.6 Å². The first-order chi connectivity index (χ1) is 15.7. The minimum Gasteiger partial charge on any atom is -0.465 e. The Morgan fingerprint density at radius 1 is 1.00 bits per heavy atom. The number of rotatable bonds is 5. The summed E-state index contributed by atoms with van der Waals surface area (Å²) in [4.78, 5) is 16.0. The third kappa shape index (κ3) is 4.40. The SMILES string of the molecule is COC(=O)c1ccc(-c2noc(-c3ccc(-c4ccccc4C)c(S(C)(=O)=O)c3)n2)cc1F. The summed E-state index contributed by atoms with van der Waals surface area (Å²) in [7, 11) is -2.42. The molecule has 0 amide bonds. The van der Waals surface area contributed by atoms with Crippen LogP contribution in [0.25, 0.3) is 34.0 Å². The highest BCUT2D eigenvalue weighted by molar-refractivity contribution is 7.90. The molecule has 33 heavy (non-hydrogen) atoms. The summed E-state index contributed by atoms with van der Waals surface area (Å²) < 4.78 is 49.2. The fourth-order valence-corrected chi connectivity index (χ4v) is 4.37. The number of benzene rings is 3. The maximum atomic E-state index is 14.3. The van der Waals surface area contributed by atoms with E-state index in [9.17, 15) is 17.6 Å². The van der Waals surface area contributed by atoms with Crippen molar-refractivity contribution in [1.82, 2.24) is 10.1 Å². The summed E-state index contributed by atoms with van der Waals surface area (Å²) in [5.74, 6) is -1.42. The molecule has 0 unspecified atom stereocenters. The second-order valence-corrected chi connectivity index (χ2v) is 9.39. The summed E-state index contributed by atoms with van der Waals surface area (Å²) in [6, 6.07) is 16.2. The highest BCUT2D eigenvalue weighted by Crippen LogP contribution is 2.33. The van der Waals surface area contributed by atoms with Gasteiger partial charge in [0.2, 0.25) is 5.82 Å². The van der Waals surface area contributed by atoms with E-state index in [1.807, 2.05) is 31.2 Å². The van der Waals surface area contributed by atoms with Crippen molar-refractivity contribution in [3.8, 4) is 34.0 Å². The van der Waals surface area contributed by atoms with Crippen LogP contribution >= 0.6 is 0 Å². The topological polar surface area (TPSA) is 99.4 Å². The molecule has 0 bridgehead atoms. The number of nitrogens with zero attached hydrogens (tertiary/aromatic N) is 2. The molecule has 4 rings (SSSR count). The molecule has 1 aromatic heterocycles. The largest absolute Gasteiger partial charge is 0.465 e. The van der Waals surface area contributed by atoms with Crippen molar-refractivity contribution in [3.63, 3.8) is 0 Å². The third-order valence-corrected chi connectivity index (χ3v) is 6.26. The van der Waals surface area contributed by atoms with Gasteiger partial charge in [0.05, 0.1) is 17.6 Å². The van der Waals surface area contributed by atoms with E-state index in [0.29, 0.717) is 11.1 Å². The van der Waals surface area contributed by atoms with Crippen molar-refractivity contribution in [3.05, 3.63) is 77.6 Å². The molecule has 1 heterocycles. The molecular formula is C24H19FN2O5S. The number of methoxy groups -OCH3 is 1. The Kier molecular flexibility index (Phi) is 5.82. The lowest BCUT2D eigenvalue weighted by Gasteiger charge is -2.11. The normalized spacial score (nSPS) is 11.4. The number of ether oxygens (including phenoxy) is 1. The van der Waals surface area contributed by atoms with Gasteiger partial charge in [-0.05, 0) is 48.4 Å². The zero-order valence-corrected chi connectivity index (χ0v) is 18.8. The smallest absolute Gasteiger partial charge is 0.340 e. The number of hydrogen-bond donors (Lipinski definition) is 0. The lowest BCUT2D eigenvalue weighted by atomic mass is 9.99. The van der Waals surface area contributed by atoms with Crippen LogP contribution in [0.1, 0.15) is 15.9 Å². The minimum atomic E-state index is -3.58. The number of sulfone groups is 1. The molecule has 0 aliphatic heterocycles. The maximum absolute atomic E-state index is 14.3. The standard InChI is InChI=1S/C24H19FN2O5S/c1-14-6-4-5-7-17(14)18-10-9-16(13-21(18)33(3,29)30)23-26-22(27-32-23)15-8-11-19(20(25)12-15)24(28)31-2/h4-13H,1-3H3. The highest BCUT2D eigenvalue weighted by atomic mass is 32.2. The Morgan fingerprint density at radius 2 is 1.73 bits per heavy atom. The van der Waals surface area contributed by atoms with Gasteiger partial charge in [-0.2, -0.15) is 4.98 Å². The molecule has 0 saturated heterocycles. The molecule has 0 aliphatic carbocycles. The number of halogens is 1. The predicted molar refractivity (Wildman–Crippen MR) is 120 cm³/mol. The number of aromatic nitrogens is 2. The second-order valence-electron chi connectivity index (χ2n) is 7.41. The van der Waals surface area contributed by atoms with E-state index in [4.69, 9.17) is 4.52 Å². The van der Waals surface area contributed by atoms with E-state index in [-0.39, 0.29) is 27.7 Å². The Labute approximate surface area is 189 Å². The molecule has 3 aromatic carbocycles. The summed E-state index contributed by atoms with van der Waals surface area (Å²) >= 11 is 0. The van der Waals surface area contributed by atoms with Crippen LogP contribution in [0.2, 0.25) is 0 Å². The predicted octanol–water partition coefficient (Wildman–Crippen LogP) is 4.71. The van der Waals surface area contributed by atoms with Gasteiger partial charge in [-0.15, -0.1) is 0 Å². The van der Waals surface area contributed by atoms with Crippen LogP contribution in [0, 0.1) is 12.7 Å². The van der Waals surface area contributed by atoms with E-state index in [2.05, 4.69) is 14.9 Å². The molecule has 0 saturated carbocycles. The Morgan fingerprint density at radius 3 is 2.39 bits per heavy atom. The summed E-state index contributed by atoms with van der Waals surface area (Å²) in [5, 5.41) is 3.87. The second kappa shape index (κ2) is 8.59. The number of carbonyl (C=O) groups excluding carboxylic acids is 1. The van der Waals surface area contributed by atoms with Gasteiger partial charge < -0.3 is 9.26 Å².